The number of rotatable bonds is 2. The van der Waals surface area contributed by atoms with Gasteiger partial charge in [-0.05, 0) is 0 Å². The number of carboxylic acids is 1. The Morgan fingerprint density at radius 1 is 1.35 bits per heavy atom. The second-order valence-electron chi connectivity index (χ2n) is 5.34. The fourth-order valence-corrected chi connectivity index (χ4v) is 3.44. The molecule has 0 aromatic rings. The second-order valence-corrected chi connectivity index (χ2v) is 5.34. The topological polar surface area (TPSA) is 87.2 Å². The van der Waals surface area contributed by atoms with Gasteiger partial charge in [-0.3, -0.25) is 14.5 Å². The summed E-state index contributed by atoms with van der Waals surface area (Å²) in [4.78, 5) is 36.2. The molecule has 0 aliphatic carbocycles. The summed E-state index contributed by atoms with van der Waals surface area (Å²) < 4.78 is 42.8. The van der Waals surface area contributed by atoms with Gasteiger partial charge in [-0.25, -0.2) is 4.79 Å². The number of halogens is 3. The van der Waals surface area contributed by atoms with Gasteiger partial charge in [0.2, 0.25) is 0 Å². The molecule has 122 valence electrons. The first-order valence-electron chi connectivity index (χ1n) is 6.39. The quantitative estimate of drug-likeness (QED) is 0.528. The molecule has 2 amide bonds. The van der Waals surface area contributed by atoms with E-state index in [4.69, 9.17) is 4.74 Å². The number of carbonyl (C=O) groups is 3. The van der Waals surface area contributed by atoms with Gasteiger partial charge in [-0.2, -0.15) is 13.2 Å². The third-order valence-electron chi connectivity index (χ3n) is 4.27. The van der Waals surface area contributed by atoms with Crippen LogP contribution in [0, 0.1) is 5.92 Å². The Bertz CT molecular complexity index is 620. The van der Waals surface area contributed by atoms with Crippen LogP contribution < -0.4 is 0 Å². The summed E-state index contributed by atoms with van der Waals surface area (Å²) >= 11 is 0. The van der Waals surface area contributed by atoms with Crippen molar-refractivity contribution in [2.24, 2.45) is 5.92 Å². The predicted octanol–water partition coefficient (Wildman–Crippen LogP) is -0.716. The normalized spacial score (nSPS) is 28.9. The van der Waals surface area contributed by atoms with E-state index in [-0.39, 0.29) is 54.0 Å². The summed E-state index contributed by atoms with van der Waals surface area (Å²) in [5, 5.41) is 9.18. The van der Waals surface area contributed by atoms with E-state index in [0.29, 0.717) is 4.90 Å². The first-order valence-corrected chi connectivity index (χ1v) is 6.39. The Balaban J connectivity index is 0.00000192. The zero-order valence-corrected chi connectivity index (χ0v) is 11.3. The summed E-state index contributed by atoms with van der Waals surface area (Å²) in [5.74, 6) is -4.72. The van der Waals surface area contributed by atoms with Crippen molar-refractivity contribution in [3.63, 3.8) is 0 Å². The average Bonchev–Trinajstić information content (AvgIpc) is 2.79. The van der Waals surface area contributed by atoms with E-state index >= 15 is 0 Å². The van der Waals surface area contributed by atoms with Crippen molar-refractivity contribution in [3.05, 3.63) is 11.5 Å². The third-order valence-corrected chi connectivity index (χ3v) is 4.27. The standard InChI is InChI=1S/C12H11F3N2O5.Na.H/c1-22-5-2-4-3-16(11(21)12(13,14)15)8-6(4)17(9(8)18)7(5)10(19)20;;/h4,6,8H,2-3H2,1H3,(H,19,20);;/t4-,6-,8+;;/m1../s1. The average molecular weight is 344 g/mol. The second kappa shape index (κ2) is 5.67. The first kappa shape index (κ1) is 18.1. The fraction of sp³-hybridized carbons (Fsp3) is 0.583. The van der Waals surface area contributed by atoms with E-state index in [9.17, 15) is 32.7 Å². The molecule has 3 aliphatic heterocycles. The van der Waals surface area contributed by atoms with Gasteiger partial charge < -0.3 is 14.7 Å². The van der Waals surface area contributed by atoms with E-state index in [0.717, 1.165) is 4.90 Å². The van der Waals surface area contributed by atoms with Crippen LogP contribution in [0.2, 0.25) is 0 Å². The number of likely N-dealkylation sites (tertiary alicyclic amines) is 1. The predicted molar refractivity (Wildman–Crippen MR) is 69.1 cm³/mol. The fourth-order valence-electron chi connectivity index (χ4n) is 3.44. The summed E-state index contributed by atoms with van der Waals surface area (Å²) in [5.41, 5.74) is -0.355. The van der Waals surface area contributed by atoms with Crippen LogP contribution in [-0.2, 0) is 19.1 Å². The Morgan fingerprint density at radius 2 is 1.96 bits per heavy atom. The van der Waals surface area contributed by atoms with E-state index < -0.39 is 42.0 Å². The zero-order valence-electron chi connectivity index (χ0n) is 11.3. The molecule has 0 unspecified atom stereocenters. The van der Waals surface area contributed by atoms with Crippen molar-refractivity contribution in [1.82, 2.24) is 9.80 Å². The van der Waals surface area contributed by atoms with E-state index in [1.165, 1.54) is 7.11 Å². The van der Waals surface area contributed by atoms with Gasteiger partial charge in [0.15, 0.2) is 5.70 Å². The monoisotopic (exact) mass is 344 g/mol. The van der Waals surface area contributed by atoms with E-state index in [1.807, 2.05) is 0 Å². The summed E-state index contributed by atoms with van der Waals surface area (Å²) in [6, 6.07) is -1.98. The molecule has 11 heteroatoms. The van der Waals surface area contributed by atoms with Crippen molar-refractivity contribution >= 4 is 47.3 Å². The van der Waals surface area contributed by atoms with Gasteiger partial charge in [0.05, 0.1) is 13.2 Å². The zero-order chi connectivity index (χ0) is 16.4. The van der Waals surface area contributed by atoms with Gasteiger partial charge in [0, 0.05) is 18.9 Å². The SMILES string of the molecule is COC1=C(C(=O)O)N2C(=O)[C@@H]3[C@H]2[C@H](C1)CN3C(=O)C(F)(F)F.[NaH]. The van der Waals surface area contributed by atoms with Crippen LogP contribution in [-0.4, -0.2) is 94.2 Å². The maximum absolute atomic E-state index is 12.6. The van der Waals surface area contributed by atoms with Gasteiger partial charge in [-0.1, -0.05) is 0 Å². The molecule has 2 saturated heterocycles. The van der Waals surface area contributed by atoms with E-state index in [2.05, 4.69) is 0 Å². The van der Waals surface area contributed by atoms with Crippen LogP contribution in [0.25, 0.3) is 0 Å². The number of methoxy groups -OCH3 is 1. The molecule has 2 fully saturated rings. The summed E-state index contributed by atoms with van der Waals surface area (Å²) in [7, 11) is 1.23. The van der Waals surface area contributed by atoms with Crippen LogP contribution in [0.5, 0.6) is 0 Å². The molecule has 0 radical (unpaired) electrons. The number of carboxylic acid groups (broad SMARTS) is 1. The molecule has 1 N–H and O–H groups in total. The van der Waals surface area contributed by atoms with Crippen molar-refractivity contribution in [1.29, 1.82) is 0 Å². The number of allylic oxidation sites excluding steroid dienone is 1. The first-order chi connectivity index (χ1) is 10.2. The number of alkyl halides is 3. The molecule has 3 rings (SSSR count). The van der Waals surface area contributed by atoms with Crippen molar-refractivity contribution in [2.75, 3.05) is 13.7 Å². The number of aliphatic carboxylic acids is 1. The van der Waals surface area contributed by atoms with Gasteiger partial charge >= 0.3 is 47.6 Å². The Morgan fingerprint density at radius 3 is 2.43 bits per heavy atom. The molecule has 0 bridgehead atoms. The maximum atomic E-state index is 12.6. The van der Waals surface area contributed by atoms with Crippen molar-refractivity contribution in [3.8, 4) is 0 Å². The van der Waals surface area contributed by atoms with Crippen molar-refractivity contribution in [2.45, 2.75) is 24.7 Å². The molecular weight excluding hydrogens is 332 g/mol. The number of hydrogen-bond acceptors (Lipinski definition) is 4. The third kappa shape index (κ3) is 2.43. The van der Waals surface area contributed by atoms with Crippen LogP contribution in [0.3, 0.4) is 0 Å². The van der Waals surface area contributed by atoms with Crippen LogP contribution in [0.15, 0.2) is 11.5 Å². The molecule has 23 heavy (non-hydrogen) atoms. The van der Waals surface area contributed by atoms with Crippen molar-refractivity contribution < 1.29 is 37.4 Å². The van der Waals surface area contributed by atoms with Crippen LogP contribution >= 0.6 is 0 Å². The van der Waals surface area contributed by atoms with Gasteiger partial charge in [0.25, 0.3) is 5.91 Å². The molecule has 7 nitrogen and oxygen atoms in total. The number of carbonyl (C=O) groups excluding carboxylic acids is 2. The van der Waals surface area contributed by atoms with Gasteiger partial charge in [0.1, 0.15) is 11.8 Å². The molecule has 0 spiro atoms. The van der Waals surface area contributed by atoms with Crippen LogP contribution in [0.1, 0.15) is 6.42 Å². The number of amides is 2. The minimum absolute atomic E-state index is 0. The number of nitrogens with zero attached hydrogens (tertiary/aromatic N) is 2. The molecular formula is C12H12F3N2NaO5. The van der Waals surface area contributed by atoms with Gasteiger partial charge in [-0.15, -0.1) is 0 Å². The Kier molecular flexibility index (Phi) is 4.46. The minimum atomic E-state index is -5.07. The molecule has 3 aliphatic rings. The molecule has 3 heterocycles. The molecule has 0 aromatic carbocycles. The number of β-lactam (4-membered cyclic amide) rings is 1. The number of ether oxygens (including phenoxy) is 1. The van der Waals surface area contributed by atoms with E-state index in [1.54, 1.807) is 0 Å². The molecule has 3 atom stereocenters. The van der Waals surface area contributed by atoms with Crippen LogP contribution in [0.4, 0.5) is 13.2 Å². The molecule has 0 aromatic heterocycles. The Hall–Kier alpha value is -1.26. The number of hydrogen-bond donors (Lipinski definition) is 1. The summed E-state index contributed by atoms with van der Waals surface area (Å²) in [6.07, 6.45) is -4.99. The molecule has 0 saturated carbocycles. The summed E-state index contributed by atoms with van der Waals surface area (Å²) in [6.45, 7) is -0.254. The Labute approximate surface area is 150 Å².